The highest BCUT2D eigenvalue weighted by Crippen LogP contribution is 2.28. The van der Waals surface area contributed by atoms with Crippen molar-refractivity contribution in [2.45, 2.75) is 38.3 Å². The van der Waals surface area contributed by atoms with Crippen molar-refractivity contribution in [1.29, 1.82) is 0 Å². The molecule has 1 heterocycles. The van der Waals surface area contributed by atoms with Gasteiger partial charge in [-0.3, -0.25) is 4.68 Å². The Hall–Kier alpha value is -1.82. The Kier molecular flexibility index (Phi) is 5.80. The third-order valence-electron chi connectivity index (χ3n) is 3.79. The standard InChI is InChI=1S/C15H24N4O2/c1-2-8-18(10-11-20)15(21)16-12-13-7-9-19(17-13)14-5-3-4-6-14/h2,7,9,14,20H,1,3-6,8,10-12H2,(H,16,21). The summed E-state index contributed by atoms with van der Waals surface area (Å²) >= 11 is 0. The Labute approximate surface area is 125 Å². The molecule has 1 aliphatic carbocycles. The van der Waals surface area contributed by atoms with Gasteiger partial charge in [0.25, 0.3) is 0 Å². The number of carbonyl (C=O) groups excluding carboxylic acids is 1. The summed E-state index contributed by atoms with van der Waals surface area (Å²) in [7, 11) is 0. The van der Waals surface area contributed by atoms with Crippen LogP contribution in [-0.2, 0) is 6.54 Å². The van der Waals surface area contributed by atoms with E-state index in [1.807, 2.05) is 16.9 Å². The lowest BCUT2D eigenvalue weighted by atomic mass is 10.3. The molecule has 6 heteroatoms. The first-order valence-electron chi connectivity index (χ1n) is 7.53. The first kappa shape index (κ1) is 15.6. The van der Waals surface area contributed by atoms with E-state index in [4.69, 9.17) is 5.11 Å². The van der Waals surface area contributed by atoms with Crippen LogP contribution in [0.4, 0.5) is 4.79 Å². The summed E-state index contributed by atoms with van der Waals surface area (Å²) in [4.78, 5) is 13.5. The van der Waals surface area contributed by atoms with Gasteiger partial charge in [-0.2, -0.15) is 5.10 Å². The molecule has 0 atom stereocenters. The van der Waals surface area contributed by atoms with Gasteiger partial charge in [0.15, 0.2) is 0 Å². The van der Waals surface area contributed by atoms with E-state index in [9.17, 15) is 4.79 Å². The number of hydrogen-bond donors (Lipinski definition) is 2. The number of urea groups is 1. The van der Waals surface area contributed by atoms with Crippen molar-refractivity contribution in [2.24, 2.45) is 0 Å². The minimum Gasteiger partial charge on any atom is -0.395 e. The molecule has 0 spiro atoms. The molecule has 2 amide bonds. The third kappa shape index (κ3) is 4.32. The summed E-state index contributed by atoms with van der Waals surface area (Å²) in [6.07, 6.45) is 8.56. The fraction of sp³-hybridized carbons (Fsp3) is 0.600. The molecule has 1 saturated carbocycles. The maximum Gasteiger partial charge on any atom is 0.318 e. The van der Waals surface area contributed by atoms with Crippen LogP contribution in [0.5, 0.6) is 0 Å². The van der Waals surface area contributed by atoms with Gasteiger partial charge in [-0.05, 0) is 18.9 Å². The molecule has 0 aliphatic heterocycles. The molecular weight excluding hydrogens is 268 g/mol. The summed E-state index contributed by atoms with van der Waals surface area (Å²) < 4.78 is 2.02. The highest BCUT2D eigenvalue weighted by atomic mass is 16.3. The number of nitrogens with zero attached hydrogens (tertiary/aromatic N) is 3. The van der Waals surface area contributed by atoms with E-state index in [0.29, 0.717) is 25.7 Å². The predicted molar refractivity (Wildman–Crippen MR) is 80.8 cm³/mol. The van der Waals surface area contributed by atoms with E-state index >= 15 is 0 Å². The Morgan fingerprint density at radius 3 is 3.00 bits per heavy atom. The topological polar surface area (TPSA) is 70.4 Å². The Morgan fingerprint density at radius 1 is 1.57 bits per heavy atom. The molecule has 2 rings (SSSR count). The quantitative estimate of drug-likeness (QED) is 0.751. The first-order chi connectivity index (χ1) is 10.2. The lowest BCUT2D eigenvalue weighted by Crippen LogP contribution is -2.41. The smallest absolute Gasteiger partial charge is 0.318 e. The molecule has 21 heavy (non-hydrogen) atoms. The van der Waals surface area contributed by atoms with Crippen LogP contribution in [0.1, 0.15) is 37.4 Å². The molecule has 1 aromatic heterocycles. The monoisotopic (exact) mass is 292 g/mol. The number of amides is 2. The normalized spacial score (nSPS) is 15.1. The number of nitrogens with one attached hydrogen (secondary N) is 1. The Morgan fingerprint density at radius 2 is 2.33 bits per heavy atom. The van der Waals surface area contributed by atoms with Crippen molar-refractivity contribution in [3.05, 3.63) is 30.6 Å². The molecule has 2 N–H and O–H groups in total. The van der Waals surface area contributed by atoms with E-state index < -0.39 is 0 Å². The number of rotatable bonds is 7. The maximum absolute atomic E-state index is 12.0. The largest absolute Gasteiger partial charge is 0.395 e. The highest BCUT2D eigenvalue weighted by Gasteiger charge is 2.18. The Balaban J connectivity index is 1.84. The fourth-order valence-corrected chi connectivity index (χ4v) is 2.67. The molecule has 0 unspecified atom stereocenters. The molecule has 0 aromatic carbocycles. The zero-order valence-corrected chi connectivity index (χ0v) is 12.4. The fourth-order valence-electron chi connectivity index (χ4n) is 2.67. The summed E-state index contributed by atoms with van der Waals surface area (Å²) in [5.41, 5.74) is 0.859. The molecule has 0 bridgehead atoms. The average Bonchev–Trinajstić information content (AvgIpc) is 3.15. The van der Waals surface area contributed by atoms with Crippen LogP contribution in [0.3, 0.4) is 0 Å². The molecule has 1 fully saturated rings. The number of carbonyl (C=O) groups is 1. The second-order valence-electron chi connectivity index (χ2n) is 5.34. The third-order valence-corrected chi connectivity index (χ3v) is 3.79. The first-order valence-corrected chi connectivity index (χ1v) is 7.53. The van der Waals surface area contributed by atoms with Crippen molar-refractivity contribution < 1.29 is 9.90 Å². The SMILES string of the molecule is C=CCN(CCO)C(=O)NCc1ccn(C2CCCC2)n1. The summed E-state index contributed by atoms with van der Waals surface area (Å²) in [5.74, 6) is 0. The van der Waals surface area contributed by atoms with Gasteiger partial charge < -0.3 is 15.3 Å². The van der Waals surface area contributed by atoms with E-state index in [1.54, 1.807) is 6.08 Å². The van der Waals surface area contributed by atoms with Gasteiger partial charge in [-0.1, -0.05) is 18.9 Å². The molecule has 6 nitrogen and oxygen atoms in total. The molecule has 1 aromatic rings. The average molecular weight is 292 g/mol. The second kappa shape index (κ2) is 7.83. The summed E-state index contributed by atoms with van der Waals surface area (Å²) in [6, 6.07) is 2.25. The van der Waals surface area contributed by atoms with Gasteiger partial charge in [0.1, 0.15) is 0 Å². The van der Waals surface area contributed by atoms with Crippen LogP contribution in [0.15, 0.2) is 24.9 Å². The summed E-state index contributed by atoms with van der Waals surface area (Å²) in [5, 5.41) is 16.3. The number of aliphatic hydroxyl groups is 1. The highest BCUT2D eigenvalue weighted by molar-refractivity contribution is 5.74. The molecular formula is C15H24N4O2. The van der Waals surface area contributed by atoms with Gasteiger partial charge >= 0.3 is 6.03 Å². The van der Waals surface area contributed by atoms with Crippen molar-refractivity contribution in [3.8, 4) is 0 Å². The van der Waals surface area contributed by atoms with Gasteiger partial charge in [0.2, 0.25) is 0 Å². The van der Waals surface area contributed by atoms with Crippen LogP contribution < -0.4 is 5.32 Å². The second-order valence-corrected chi connectivity index (χ2v) is 5.34. The van der Waals surface area contributed by atoms with Crippen LogP contribution >= 0.6 is 0 Å². The van der Waals surface area contributed by atoms with Gasteiger partial charge in [-0.15, -0.1) is 6.58 Å². The number of hydrogen-bond acceptors (Lipinski definition) is 3. The zero-order chi connectivity index (χ0) is 15.1. The van der Waals surface area contributed by atoms with E-state index in [-0.39, 0.29) is 12.6 Å². The van der Waals surface area contributed by atoms with Crippen LogP contribution in [0.2, 0.25) is 0 Å². The van der Waals surface area contributed by atoms with Crippen LogP contribution in [-0.4, -0.2) is 45.5 Å². The van der Waals surface area contributed by atoms with Gasteiger partial charge in [0, 0.05) is 19.3 Å². The molecule has 1 aliphatic rings. The molecule has 0 saturated heterocycles. The van der Waals surface area contributed by atoms with Crippen molar-refractivity contribution in [2.75, 3.05) is 19.7 Å². The van der Waals surface area contributed by atoms with E-state index in [1.165, 1.54) is 30.6 Å². The lowest BCUT2D eigenvalue weighted by molar-refractivity contribution is 0.183. The van der Waals surface area contributed by atoms with Gasteiger partial charge in [0.05, 0.1) is 24.9 Å². The van der Waals surface area contributed by atoms with Crippen molar-refractivity contribution in [3.63, 3.8) is 0 Å². The van der Waals surface area contributed by atoms with Crippen LogP contribution in [0, 0.1) is 0 Å². The van der Waals surface area contributed by atoms with Crippen molar-refractivity contribution in [1.82, 2.24) is 20.0 Å². The Bertz CT molecular complexity index is 466. The molecule has 116 valence electrons. The molecule has 0 radical (unpaired) electrons. The van der Waals surface area contributed by atoms with Gasteiger partial charge in [-0.25, -0.2) is 4.79 Å². The lowest BCUT2D eigenvalue weighted by Gasteiger charge is -2.20. The predicted octanol–water partition coefficient (Wildman–Crippen LogP) is 1.69. The number of aliphatic hydroxyl groups excluding tert-OH is 1. The zero-order valence-electron chi connectivity index (χ0n) is 12.4. The summed E-state index contributed by atoms with van der Waals surface area (Å²) in [6.45, 7) is 4.67. The number of aromatic nitrogens is 2. The van der Waals surface area contributed by atoms with E-state index in [2.05, 4.69) is 17.0 Å². The van der Waals surface area contributed by atoms with Crippen molar-refractivity contribution >= 4 is 6.03 Å². The maximum atomic E-state index is 12.0. The minimum absolute atomic E-state index is 0.0580. The van der Waals surface area contributed by atoms with Crippen LogP contribution in [0.25, 0.3) is 0 Å². The minimum atomic E-state index is -0.209. The van der Waals surface area contributed by atoms with E-state index in [0.717, 1.165) is 5.69 Å².